The molecule has 0 aliphatic heterocycles. The maximum atomic E-state index is 10.6. The summed E-state index contributed by atoms with van der Waals surface area (Å²) < 4.78 is 4.88. The summed E-state index contributed by atoms with van der Waals surface area (Å²) in [5.41, 5.74) is 0. The van der Waals surface area contributed by atoms with Crippen LogP contribution < -0.4 is 5.30 Å². The van der Waals surface area contributed by atoms with Gasteiger partial charge in [0.15, 0.2) is 0 Å². The van der Waals surface area contributed by atoms with Gasteiger partial charge < -0.3 is 9.84 Å². The van der Waals surface area contributed by atoms with Gasteiger partial charge in [-0.1, -0.05) is 30.3 Å². The molecule has 76 valence electrons. The molecule has 1 atom stereocenters. The van der Waals surface area contributed by atoms with E-state index in [-0.39, 0.29) is 12.3 Å². The molecule has 0 amide bonds. The monoisotopic (exact) mass is 212 g/mol. The number of hydrogen-bond acceptors (Lipinski definition) is 3. The highest BCUT2D eigenvalue weighted by atomic mass is 31.1. The van der Waals surface area contributed by atoms with Gasteiger partial charge in [-0.3, -0.25) is 4.79 Å². The van der Waals surface area contributed by atoms with Crippen molar-refractivity contribution < 1.29 is 14.6 Å². The Morgan fingerprint density at radius 1 is 1.43 bits per heavy atom. The molecule has 0 fully saturated rings. The van der Waals surface area contributed by atoms with E-state index < -0.39 is 7.92 Å². The van der Waals surface area contributed by atoms with Gasteiger partial charge in [0.05, 0.1) is 6.35 Å². The summed E-state index contributed by atoms with van der Waals surface area (Å²) in [4.78, 5) is 10.6. The van der Waals surface area contributed by atoms with Crippen LogP contribution in [-0.2, 0) is 9.53 Å². The van der Waals surface area contributed by atoms with Gasteiger partial charge in [0, 0.05) is 6.92 Å². The van der Waals surface area contributed by atoms with Crippen molar-refractivity contribution in [1.82, 2.24) is 0 Å². The standard InChI is InChI=1S/C10H13O3P/c1-9(12)13-8-14(7-11)10-5-3-2-4-6-10/h2-6,11H,7-8H2,1H3/t14-/m1/s1. The topological polar surface area (TPSA) is 46.5 Å². The summed E-state index contributed by atoms with van der Waals surface area (Å²) in [6.07, 6.45) is 0.345. The lowest BCUT2D eigenvalue weighted by atomic mass is 10.4. The van der Waals surface area contributed by atoms with Crippen LogP contribution in [0, 0.1) is 0 Å². The maximum absolute atomic E-state index is 10.6. The van der Waals surface area contributed by atoms with E-state index in [1.807, 2.05) is 30.3 Å². The first-order valence-corrected chi connectivity index (χ1v) is 5.99. The maximum Gasteiger partial charge on any atom is 0.302 e. The zero-order valence-corrected chi connectivity index (χ0v) is 8.91. The van der Waals surface area contributed by atoms with E-state index in [1.165, 1.54) is 6.92 Å². The predicted molar refractivity (Wildman–Crippen MR) is 56.7 cm³/mol. The Balaban J connectivity index is 2.58. The molecule has 0 heterocycles. The van der Waals surface area contributed by atoms with Gasteiger partial charge in [0.1, 0.15) is 6.35 Å². The van der Waals surface area contributed by atoms with Crippen molar-refractivity contribution in [3.8, 4) is 0 Å². The molecule has 0 aliphatic carbocycles. The van der Waals surface area contributed by atoms with Gasteiger partial charge in [0.25, 0.3) is 0 Å². The highest BCUT2D eigenvalue weighted by molar-refractivity contribution is 7.65. The summed E-state index contributed by atoms with van der Waals surface area (Å²) in [6.45, 7) is 1.37. The minimum atomic E-state index is -0.774. The first-order chi connectivity index (χ1) is 6.74. The predicted octanol–water partition coefficient (Wildman–Crippen LogP) is 1.26. The molecule has 0 radical (unpaired) electrons. The van der Waals surface area contributed by atoms with Crippen molar-refractivity contribution in [2.45, 2.75) is 6.92 Å². The molecule has 14 heavy (non-hydrogen) atoms. The molecule has 0 saturated carbocycles. The molecule has 1 N–H and O–H groups in total. The van der Waals surface area contributed by atoms with E-state index in [2.05, 4.69) is 0 Å². The quantitative estimate of drug-likeness (QED) is 0.603. The lowest BCUT2D eigenvalue weighted by Gasteiger charge is -2.14. The lowest BCUT2D eigenvalue weighted by Crippen LogP contribution is -2.09. The number of aliphatic hydroxyl groups is 1. The molecule has 0 bridgehead atoms. The van der Waals surface area contributed by atoms with Crippen molar-refractivity contribution in [2.75, 3.05) is 12.7 Å². The Hall–Kier alpha value is -0.920. The van der Waals surface area contributed by atoms with Gasteiger partial charge in [0.2, 0.25) is 0 Å². The first kappa shape index (κ1) is 11.2. The van der Waals surface area contributed by atoms with E-state index in [4.69, 9.17) is 9.84 Å². The van der Waals surface area contributed by atoms with Crippen LogP contribution in [0.2, 0.25) is 0 Å². The minimum absolute atomic E-state index is 0.0482. The highest BCUT2D eigenvalue weighted by Crippen LogP contribution is 2.32. The smallest absolute Gasteiger partial charge is 0.302 e. The van der Waals surface area contributed by atoms with Crippen molar-refractivity contribution in [3.05, 3.63) is 30.3 Å². The van der Waals surface area contributed by atoms with E-state index in [0.717, 1.165) is 5.30 Å². The van der Waals surface area contributed by atoms with Gasteiger partial charge in [-0.05, 0) is 13.2 Å². The Morgan fingerprint density at radius 2 is 2.07 bits per heavy atom. The van der Waals surface area contributed by atoms with Crippen LogP contribution in [0.3, 0.4) is 0 Å². The average molecular weight is 212 g/mol. The molecule has 1 aromatic carbocycles. The molecule has 4 heteroatoms. The van der Waals surface area contributed by atoms with Gasteiger partial charge >= 0.3 is 5.97 Å². The molecule has 3 nitrogen and oxygen atoms in total. The number of esters is 1. The molecule has 0 spiro atoms. The summed E-state index contributed by atoms with van der Waals surface area (Å²) in [6, 6.07) is 9.61. The van der Waals surface area contributed by atoms with Gasteiger partial charge in [-0.25, -0.2) is 0 Å². The fraction of sp³-hybridized carbons (Fsp3) is 0.300. The fourth-order valence-electron chi connectivity index (χ4n) is 1.00. The molecule has 0 unspecified atom stereocenters. The van der Waals surface area contributed by atoms with Crippen molar-refractivity contribution in [3.63, 3.8) is 0 Å². The first-order valence-electron chi connectivity index (χ1n) is 4.28. The number of carbonyl (C=O) groups excluding carboxylic acids is 1. The molecule has 0 aromatic heterocycles. The van der Waals surface area contributed by atoms with Crippen LogP contribution in [0.1, 0.15) is 6.92 Å². The normalized spacial score (nSPS) is 12.1. The summed E-state index contributed by atoms with van der Waals surface area (Å²) in [7, 11) is -0.774. The van der Waals surface area contributed by atoms with Crippen LogP contribution in [0.25, 0.3) is 0 Å². The average Bonchev–Trinajstić information content (AvgIpc) is 2.20. The summed E-state index contributed by atoms with van der Waals surface area (Å²) in [5, 5.41) is 10.2. The second-order valence-corrected chi connectivity index (χ2v) is 4.92. The van der Waals surface area contributed by atoms with E-state index in [9.17, 15) is 4.79 Å². The molecular formula is C10H13O3P. The third kappa shape index (κ3) is 3.44. The number of benzene rings is 1. The van der Waals surface area contributed by atoms with Crippen LogP contribution in [0.15, 0.2) is 30.3 Å². The number of aliphatic hydroxyl groups excluding tert-OH is 1. The van der Waals surface area contributed by atoms with E-state index in [1.54, 1.807) is 0 Å². The number of ether oxygens (including phenoxy) is 1. The third-order valence-corrected chi connectivity index (χ3v) is 3.53. The Bertz CT molecular complexity index is 287. The molecular weight excluding hydrogens is 199 g/mol. The lowest BCUT2D eigenvalue weighted by molar-refractivity contribution is -0.138. The van der Waals surface area contributed by atoms with Crippen LogP contribution >= 0.6 is 7.92 Å². The van der Waals surface area contributed by atoms with Gasteiger partial charge in [-0.2, -0.15) is 0 Å². The van der Waals surface area contributed by atoms with Crippen LogP contribution in [0.4, 0.5) is 0 Å². The minimum Gasteiger partial charge on any atom is -0.461 e. The Morgan fingerprint density at radius 3 is 2.57 bits per heavy atom. The number of rotatable bonds is 4. The Kier molecular flexibility index (Phi) is 4.57. The zero-order chi connectivity index (χ0) is 10.4. The summed E-state index contributed by atoms with van der Waals surface area (Å²) in [5.74, 6) is -0.304. The molecule has 1 aromatic rings. The zero-order valence-electron chi connectivity index (χ0n) is 8.01. The van der Waals surface area contributed by atoms with Crippen molar-refractivity contribution in [1.29, 1.82) is 0 Å². The largest absolute Gasteiger partial charge is 0.461 e. The SMILES string of the molecule is CC(=O)OC[P@@](CO)c1ccccc1. The fourth-order valence-corrected chi connectivity index (χ4v) is 2.33. The summed E-state index contributed by atoms with van der Waals surface area (Å²) >= 11 is 0. The Labute approximate surface area is 84.5 Å². The number of hydrogen-bond donors (Lipinski definition) is 1. The van der Waals surface area contributed by atoms with Gasteiger partial charge in [-0.15, -0.1) is 0 Å². The van der Waals surface area contributed by atoms with E-state index >= 15 is 0 Å². The van der Waals surface area contributed by atoms with Crippen molar-refractivity contribution in [2.24, 2.45) is 0 Å². The molecule has 1 rings (SSSR count). The third-order valence-electron chi connectivity index (χ3n) is 1.72. The molecule has 0 aliphatic rings. The van der Waals surface area contributed by atoms with Crippen molar-refractivity contribution >= 4 is 19.2 Å². The second kappa shape index (κ2) is 5.74. The molecule has 0 saturated heterocycles. The highest BCUT2D eigenvalue weighted by Gasteiger charge is 2.10. The van der Waals surface area contributed by atoms with E-state index in [0.29, 0.717) is 6.35 Å². The second-order valence-electron chi connectivity index (χ2n) is 2.78. The van der Waals surface area contributed by atoms with Crippen LogP contribution in [-0.4, -0.2) is 23.8 Å². The number of carbonyl (C=O) groups is 1. The van der Waals surface area contributed by atoms with Crippen LogP contribution in [0.5, 0.6) is 0 Å².